The van der Waals surface area contributed by atoms with Crippen molar-refractivity contribution in [1.29, 1.82) is 0 Å². The minimum Gasteiger partial charge on any atom is -0.399 e. The summed E-state index contributed by atoms with van der Waals surface area (Å²) in [6.07, 6.45) is 0. The Morgan fingerprint density at radius 1 is 1.24 bits per heavy atom. The van der Waals surface area contributed by atoms with E-state index in [2.05, 4.69) is 9.99 Å². The summed E-state index contributed by atoms with van der Waals surface area (Å²) in [5.41, 5.74) is -2.89. The summed E-state index contributed by atoms with van der Waals surface area (Å²) in [6, 6.07) is -2.14. The highest BCUT2D eigenvalue weighted by molar-refractivity contribution is 6.36. The molecule has 1 saturated heterocycles. The van der Waals surface area contributed by atoms with Crippen LogP contribution in [-0.4, -0.2) is 71.5 Å². The second-order valence-electron chi connectivity index (χ2n) is 4.30. The zero-order valence-electron chi connectivity index (χ0n) is 11.8. The molecule has 0 saturated carbocycles. The summed E-state index contributed by atoms with van der Waals surface area (Å²) >= 11 is 0. The summed E-state index contributed by atoms with van der Waals surface area (Å²) in [7, 11) is 3.74. The molecular formula is C10H15N5O6. The SMILES string of the molecule is CO/N=C(\C)C1(N(O)C(=O)N(C)C)C(=O)NC(=O)NC1=O. The lowest BCUT2D eigenvalue weighted by Crippen LogP contribution is -2.77. The van der Waals surface area contributed by atoms with Crippen LogP contribution in [0.5, 0.6) is 0 Å². The lowest BCUT2D eigenvalue weighted by molar-refractivity contribution is -0.163. The largest absolute Gasteiger partial charge is 0.399 e. The summed E-state index contributed by atoms with van der Waals surface area (Å²) < 4.78 is 0. The van der Waals surface area contributed by atoms with Gasteiger partial charge in [-0.25, -0.2) is 9.59 Å². The van der Waals surface area contributed by atoms with E-state index in [1.165, 1.54) is 21.0 Å². The number of hydroxylamine groups is 2. The van der Waals surface area contributed by atoms with Gasteiger partial charge in [-0.1, -0.05) is 5.16 Å². The zero-order chi connectivity index (χ0) is 16.4. The predicted octanol–water partition coefficient (Wildman–Crippen LogP) is -1.51. The maximum Gasteiger partial charge on any atom is 0.345 e. The van der Waals surface area contributed by atoms with Crippen LogP contribution in [0.15, 0.2) is 5.16 Å². The Morgan fingerprint density at radius 3 is 2.10 bits per heavy atom. The van der Waals surface area contributed by atoms with Crippen LogP contribution in [-0.2, 0) is 14.4 Å². The number of hydrogen-bond donors (Lipinski definition) is 3. The molecule has 11 nitrogen and oxygen atoms in total. The van der Waals surface area contributed by atoms with Gasteiger partial charge in [-0.05, 0) is 6.92 Å². The van der Waals surface area contributed by atoms with Crippen molar-refractivity contribution < 1.29 is 29.2 Å². The fourth-order valence-corrected chi connectivity index (χ4v) is 1.73. The normalized spacial score (nSPS) is 17.8. The zero-order valence-corrected chi connectivity index (χ0v) is 11.8. The van der Waals surface area contributed by atoms with Crippen LogP contribution >= 0.6 is 0 Å². The maximum atomic E-state index is 12.1. The van der Waals surface area contributed by atoms with Crippen molar-refractivity contribution in [3.63, 3.8) is 0 Å². The first kappa shape index (κ1) is 16.4. The van der Waals surface area contributed by atoms with Crippen LogP contribution in [0.3, 0.4) is 0 Å². The van der Waals surface area contributed by atoms with Crippen LogP contribution in [0.1, 0.15) is 6.92 Å². The summed E-state index contributed by atoms with van der Waals surface area (Å²) in [5, 5.41) is 17.0. The highest BCUT2D eigenvalue weighted by Crippen LogP contribution is 2.21. The van der Waals surface area contributed by atoms with Gasteiger partial charge in [-0.15, -0.1) is 0 Å². The van der Waals surface area contributed by atoms with Gasteiger partial charge in [0.05, 0.1) is 0 Å². The number of amides is 6. The van der Waals surface area contributed by atoms with Crippen LogP contribution in [0.25, 0.3) is 0 Å². The molecule has 116 valence electrons. The quantitative estimate of drug-likeness (QED) is 0.250. The number of oxime groups is 1. The maximum absolute atomic E-state index is 12.1. The molecule has 1 rings (SSSR count). The van der Waals surface area contributed by atoms with Gasteiger partial charge in [0.25, 0.3) is 17.4 Å². The van der Waals surface area contributed by atoms with Gasteiger partial charge in [-0.2, -0.15) is 5.06 Å². The molecule has 1 aliphatic rings. The van der Waals surface area contributed by atoms with E-state index < -0.39 is 29.4 Å². The van der Waals surface area contributed by atoms with E-state index >= 15 is 0 Å². The van der Waals surface area contributed by atoms with Crippen molar-refractivity contribution >= 4 is 29.6 Å². The molecule has 0 aromatic heterocycles. The molecule has 0 aromatic rings. The van der Waals surface area contributed by atoms with Crippen LogP contribution in [0.4, 0.5) is 9.59 Å². The average Bonchev–Trinajstić information content (AvgIpc) is 2.37. The second kappa shape index (κ2) is 5.75. The number of hydrogen-bond acceptors (Lipinski definition) is 7. The van der Waals surface area contributed by atoms with Crippen molar-refractivity contribution in [3.05, 3.63) is 0 Å². The van der Waals surface area contributed by atoms with Gasteiger partial charge in [0.1, 0.15) is 12.8 Å². The number of imide groups is 2. The molecule has 11 heteroatoms. The number of carbonyl (C=O) groups is 4. The Kier molecular flexibility index (Phi) is 4.48. The minimum absolute atomic E-state index is 0.109. The molecule has 3 N–H and O–H groups in total. The fourth-order valence-electron chi connectivity index (χ4n) is 1.73. The molecule has 0 radical (unpaired) electrons. The number of rotatable bonds is 3. The Bertz CT molecular complexity index is 508. The fraction of sp³-hybridized carbons (Fsp3) is 0.500. The molecule has 0 aliphatic carbocycles. The van der Waals surface area contributed by atoms with E-state index in [4.69, 9.17) is 0 Å². The first-order chi connectivity index (χ1) is 9.69. The van der Waals surface area contributed by atoms with E-state index in [1.54, 1.807) is 10.6 Å². The molecule has 1 aliphatic heterocycles. The van der Waals surface area contributed by atoms with Gasteiger partial charge in [0, 0.05) is 14.1 Å². The Balaban J connectivity index is 3.47. The van der Waals surface area contributed by atoms with E-state index in [0.717, 1.165) is 12.0 Å². The Labute approximate surface area is 119 Å². The molecule has 0 bridgehead atoms. The predicted molar refractivity (Wildman–Crippen MR) is 67.2 cm³/mol. The third-order valence-electron chi connectivity index (χ3n) is 2.74. The van der Waals surface area contributed by atoms with E-state index in [0.29, 0.717) is 0 Å². The standard InChI is InChI=1S/C10H15N5O6/c1-5(13-21-4)10(15(20)9(19)14(2)3)6(16)11-8(18)12-7(10)17/h20H,1-4H3,(H2,11,12,16,17,18)/b13-5+. The first-order valence-electron chi connectivity index (χ1n) is 5.65. The number of urea groups is 2. The van der Waals surface area contributed by atoms with Crippen molar-refractivity contribution in [2.24, 2.45) is 5.16 Å². The monoisotopic (exact) mass is 301 g/mol. The Hall–Kier alpha value is -2.69. The second-order valence-corrected chi connectivity index (χ2v) is 4.30. The van der Waals surface area contributed by atoms with E-state index in [1.807, 2.05) is 0 Å². The smallest absolute Gasteiger partial charge is 0.345 e. The first-order valence-corrected chi connectivity index (χ1v) is 5.65. The molecular weight excluding hydrogens is 286 g/mol. The van der Waals surface area contributed by atoms with Gasteiger partial charge >= 0.3 is 12.1 Å². The lowest BCUT2D eigenvalue weighted by Gasteiger charge is -2.38. The molecule has 21 heavy (non-hydrogen) atoms. The molecule has 0 unspecified atom stereocenters. The number of nitrogens with one attached hydrogen (secondary N) is 2. The summed E-state index contributed by atoms with van der Waals surface area (Å²) in [4.78, 5) is 52.7. The van der Waals surface area contributed by atoms with Crippen LogP contribution < -0.4 is 10.6 Å². The van der Waals surface area contributed by atoms with Crippen LogP contribution in [0, 0.1) is 0 Å². The third kappa shape index (κ3) is 2.50. The van der Waals surface area contributed by atoms with Crippen molar-refractivity contribution in [2.75, 3.05) is 21.2 Å². The van der Waals surface area contributed by atoms with Gasteiger partial charge in [0.15, 0.2) is 0 Å². The third-order valence-corrected chi connectivity index (χ3v) is 2.74. The van der Waals surface area contributed by atoms with Crippen molar-refractivity contribution in [3.8, 4) is 0 Å². The number of barbiturate groups is 1. The molecule has 1 fully saturated rings. The van der Waals surface area contributed by atoms with Gasteiger partial charge in [0.2, 0.25) is 0 Å². The molecule has 0 spiro atoms. The molecule has 0 aromatic carbocycles. The lowest BCUT2D eigenvalue weighted by atomic mass is 9.89. The van der Waals surface area contributed by atoms with E-state index in [-0.39, 0.29) is 10.8 Å². The van der Waals surface area contributed by atoms with Gasteiger partial charge < -0.3 is 9.74 Å². The average molecular weight is 301 g/mol. The highest BCUT2D eigenvalue weighted by Gasteiger charge is 2.60. The Morgan fingerprint density at radius 2 is 1.71 bits per heavy atom. The van der Waals surface area contributed by atoms with Gasteiger partial charge in [-0.3, -0.25) is 25.4 Å². The molecule has 1 heterocycles. The summed E-state index contributed by atoms with van der Waals surface area (Å²) in [5.74, 6) is -2.46. The number of nitrogens with zero attached hydrogens (tertiary/aromatic N) is 3. The molecule has 6 amide bonds. The minimum atomic E-state index is -2.55. The summed E-state index contributed by atoms with van der Waals surface area (Å²) in [6.45, 7) is 1.19. The molecule has 0 atom stereocenters. The highest BCUT2D eigenvalue weighted by atomic mass is 16.6. The van der Waals surface area contributed by atoms with E-state index in [9.17, 15) is 24.4 Å². The van der Waals surface area contributed by atoms with Crippen molar-refractivity contribution in [2.45, 2.75) is 12.5 Å². The number of carbonyl (C=O) groups excluding carboxylic acids is 4. The topological polar surface area (TPSA) is 141 Å². The van der Waals surface area contributed by atoms with Crippen molar-refractivity contribution in [1.82, 2.24) is 20.6 Å². The van der Waals surface area contributed by atoms with Crippen LogP contribution in [0.2, 0.25) is 0 Å².